The Morgan fingerprint density at radius 3 is 2.08 bits per heavy atom. The van der Waals surface area contributed by atoms with Gasteiger partial charge in [-0.1, -0.05) is 115 Å². The lowest BCUT2D eigenvalue weighted by Crippen LogP contribution is -2.22. The number of nitrogens with zero attached hydrogens (tertiary/aromatic N) is 3. The van der Waals surface area contributed by atoms with Gasteiger partial charge in [0, 0.05) is 58.6 Å². The second kappa shape index (κ2) is 10.5. The SMILES string of the molecule is CC12C=CC=CC1c1c(c3sc4ccccc4c3c3c1c1ccccc1n3-c1ccc(-c3nc4ccccc4nc3-c3ccccc3)cc1)S2. The fraction of sp³-hybridized carbons (Fsp3) is 0.0667. The van der Waals surface area contributed by atoms with E-state index in [0.29, 0.717) is 5.92 Å². The van der Waals surface area contributed by atoms with Crippen LogP contribution in [0.5, 0.6) is 0 Å². The summed E-state index contributed by atoms with van der Waals surface area (Å²) in [6.45, 7) is 2.41. The number of hydrogen-bond acceptors (Lipinski definition) is 4. The van der Waals surface area contributed by atoms with Crippen LogP contribution in [0.4, 0.5) is 0 Å². The normalized spacial score (nSPS) is 18.1. The predicted octanol–water partition coefficient (Wildman–Crippen LogP) is 12.5. The van der Waals surface area contributed by atoms with Crippen LogP contribution in [-0.2, 0) is 0 Å². The Kier molecular flexibility index (Phi) is 5.96. The standard InChI is InChI=1S/C45H29N3S2/c1-45-26-12-11-17-32(45)39-37-30-15-5-9-20-35(30)48(42(37)38-31-16-6-10-21-36(31)49-43(38)44(39)50-45)29-24-22-28(23-25-29)41-40(27-13-3-2-4-14-27)46-33-18-7-8-19-34(33)47-41/h2-26,32H,1H3. The number of thioether (sulfide) groups is 1. The molecule has 0 amide bonds. The van der Waals surface area contributed by atoms with Crippen molar-refractivity contribution in [3.05, 3.63) is 157 Å². The summed E-state index contributed by atoms with van der Waals surface area (Å²) in [5.74, 6) is 0.300. The Bertz CT molecular complexity index is 2910. The fourth-order valence-corrected chi connectivity index (χ4v) is 11.1. The van der Waals surface area contributed by atoms with Gasteiger partial charge in [-0.15, -0.1) is 23.1 Å². The number of benzene rings is 6. The molecule has 6 aromatic carbocycles. The molecule has 2 aliphatic rings. The highest BCUT2D eigenvalue weighted by atomic mass is 32.2. The number of allylic oxidation sites excluding steroid dienone is 3. The third kappa shape index (κ3) is 3.93. The van der Waals surface area contributed by atoms with E-state index in [1.54, 1.807) is 0 Å². The number of aromatic nitrogens is 3. The van der Waals surface area contributed by atoms with E-state index in [0.717, 1.165) is 39.2 Å². The lowest BCUT2D eigenvalue weighted by Gasteiger charge is -2.27. The molecule has 9 aromatic rings. The van der Waals surface area contributed by atoms with E-state index in [4.69, 9.17) is 9.97 Å². The molecule has 2 unspecified atom stereocenters. The second-order valence-electron chi connectivity index (χ2n) is 13.5. The molecule has 1 aliphatic carbocycles. The Hall–Kier alpha value is -5.49. The zero-order valence-corrected chi connectivity index (χ0v) is 28.8. The number of rotatable bonds is 3. The molecule has 2 atom stereocenters. The van der Waals surface area contributed by atoms with Crippen LogP contribution in [0, 0.1) is 0 Å². The first-order valence-corrected chi connectivity index (χ1v) is 18.7. The molecular formula is C45H29N3S2. The van der Waals surface area contributed by atoms with Crippen molar-refractivity contribution in [1.29, 1.82) is 0 Å². The van der Waals surface area contributed by atoms with Gasteiger partial charge in [0.25, 0.3) is 0 Å². The molecule has 50 heavy (non-hydrogen) atoms. The summed E-state index contributed by atoms with van der Waals surface area (Å²) < 4.78 is 5.23. The highest BCUT2D eigenvalue weighted by Gasteiger charge is 2.45. The van der Waals surface area contributed by atoms with Crippen molar-refractivity contribution in [2.75, 3.05) is 0 Å². The minimum absolute atomic E-state index is 0.0172. The molecule has 1 aliphatic heterocycles. The Balaban J connectivity index is 1.20. The summed E-state index contributed by atoms with van der Waals surface area (Å²) in [5, 5.41) is 5.36. The molecule has 0 spiro atoms. The Morgan fingerprint density at radius 1 is 0.640 bits per heavy atom. The lowest BCUT2D eigenvalue weighted by atomic mass is 9.81. The van der Waals surface area contributed by atoms with E-state index in [-0.39, 0.29) is 4.75 Å². The number of hydrogen-bond donors (Lipinski definition) is 0. The van der Waals surface area contributed by atoms with Crippen molar-refractivity contribution in [2.45, 2.75) is 22.5 Å². The zero-order chi connectivity index (χ0) is 33.0. The Morgan fingerprint density at radius 2 is 1.30 bits per heavy atom. The molecule has 0 N–H and O–H groups in total. The van der Waals surface area contributed by atoms with Gasteiger partial charge < -0.3 is 4.57 Å². The summed E-state index contributed by atoms with van der Waals surface area (Å²) in [6, 6.07) is 45.4. The summed E-state index contributed by atoms with van der Waals surface area (Å²) in [7, 11) is 0. The van der Waals surface area contributed by atoms with Crippen molar-refractivity contribution < 1.29 is 0 Å². The van der Waals surface area contributed by atoms with Crippen LogP contribution in [0.2, 0.25) is 0 Å². The van der Waals surface area contributed by atoms with E-state index in [1.807, 2.05) is 53.4 Å². The maximum Gasteiger partial charge on any atom is 0.0973 e. The molecule has 236 valence electrons. The summed E-state index contributed by atoms with van der Waals surface area (Å²) in [6.07, 6.45) is 9.29. The predicted molar refractivity (Wildman–Crippen MR) is 213 cm³/mol. The first-order chi connectivity index (χ1) is 24.7. The zero-order valence-electron chi connectivity index (χ0n) is 27.2. The average Bonchev–Trinajstić information content (AvgIpc) is 3.82. The summed E-state index contributed by atoms with van der Waals surface area (Å²) in [5.41, 5.74) is 10.8. The van der Waals surface area contributed by atoms with E-state index >= 15 is 0 Å². The van der Waals surface area contributed by atoms with Crippen molar-refractivity contribution in [3.63, 3.8) is 0 Å². The largest absolute Gasteiger partial charge is 0.309 e. The van der Waals surface area contributed by atoms with E-state index in [9.17, 15) is 0 Å². The third-order valence-corrected chi connectivity index (χ3v) is 13.3. The van der Waals surface area contributed by atoms with Crippen molar-refractivity contribution in [3.8, 4) is 28.2 Å². The molecule has 11 rings (SSSR count). The third-order valence-electron chi connectivity index (χ3n) is 10.5. The fourth-order valence-electron chi connectivity index (χ4n) is 8.28. The molecule has 3 aromatic heterocycles. The van der Waals surface area contributed by atoms with Crippen LogP contribution >= 0.6 is 23.1 Å². The summed E-state index contributed by atoms with van der Waals surface area (Å²) in [4.78, 5) is 11.8. The first kappa shape index (κ1) is 28.4. The maximum absolute atomic E-state index is 5.18. The van der Waals surface area contributed by atoms with Gasteiger partial charge in [-0.3, -0.25) is 0 Å². The molecule has 4 heterocycles. The van der Waals surface area contributed by atoms with Crippen LogP contribution < -0.4 is 0 Å². The van der Waals surface area contributed by atoms with Crippen LogP contribution in [0.15, 0.2) is 157 Å². The smallest absolute Gasteiger partial charge is 0.0973 e. The number of thiophene rings is 1. The van der Waals surface area contributed by atoms with Crippen LogP contribution in [0.25, 0.3) is 81.2 Å². The van der Waals surface area contributed by atoms with E-state index in [1.165, 1.54) is 52.4 Å². The molecule has 0 saturated heterocycles. The second-order valence-corrected chi connectivity index (χ2v) is 16.0. The van der Waals surface area contributed by atoms with Crippen molar-refractivity contribution in [2.24, 2.45) is 0 Å². The molecule has 0 fully saturated rings. The number of para-hydroxylation sites is 3. The molecule has 0 radical (unpaired) electrons. The van der Waals surface area contributed by atoms with Crippen molar-refractivity contribution >= 4 is 76.1 Å². The topological polar surface area (TPSA) is 30.7 Å². The molecule has 0 saturated carbocycles. The summed E-state index contributed by atoms with van der Waals surface area (Å²) >= 11 is 3.99. The van der Waals surface area contributed by atoms with Gasteiger partial charge in [-0.05, 0) is 48.9 Å². The van der Waals surface area contributed by atoms with Gasteiger partial charge in [0.15, 0.2) is 0 Å². The maximum atomic E-state index is 5.18. The molecule has 0 bridgehead atoms. The molecular weight excluding hydrogens is 647 g/mol. The molecule has 5 heteroatoms. The average molecular weight is 676 g/mol. The van der Waals surface area contributed by atoms with E-state index in [2.05, 4.69) is 133 Å². The van der Waals surface area contributed by atoms with Crippen LogP contribution in [-0.4, -0.2) is 19.3 Å². The lowest BCUT2D eigenvalue weighted by molar-refractivity contribution is 0.707. The van der Waals surface area contributed by atoms with Gasteiger partial charge in [-0.25, -0.2) is 9.97 Å². The van der Waals surface area contributed by atoms with Gasteiger partial charge in [0.2, 0.25) is 0 Å². The quantitative estimate of drug-likeness (QED) is 0.187. The van der Waals surface area contributed by atoms with Gasteiger partial charge in [-0.2, -0.15) is 0 Å². The first-order valence-electron chi connectivity index (χ1n) is 17.0. The van der Waals surface area contributed by atoms with Crippen LogP contribution in [0.1, 0.15) is 18.4 Å². The highest BCUT2D eigenvalue weighted by molar-refractivity contribution is 8.01. The van der Waals surface area contributed by atoms with E-state index < -0.39 is 0 Å². The highest BCUT2D eigenvalue weighted by Crippen LogP contribution is 2.62. The number of fused-ring (bicyclic) bond motifs is 13. The minimum Gasteiger partial charge on any atom is -0.309 e. The molecule has 3 nitrogen and oxygen atoms in total. The van der Waals surface area contributed by atoms with Gasteiger partial charge in [0.05, 0.1) is 38.2 Å². The van der Waals surface area contributed by atoms with Crippen molar-refractivity contribution in [1.82, 2.24) is 14.5 Å². The monoisotopic (exact) mass is 675 g/mol. The Labute approximate surface area is 297 Å². The van der Waals surface area contributed by atoms with Crippen LogP contribution in [0.3, 0.4) is 0 Å². The van der Waals surface area contributed by atoms with Gasteiger partial charge in [0.1, 0.15) is 0 Å². The van der Waals surface area contributed by atoms with Gasteiger partial charge >= 0.3 is 0 Å². The minimum atomic E-state index is -0.0172.